The number of hydrogen-bond acceptors (Lipinski definition) is 2. The molecule has 0 unspecified atom stereocenters. The van der Waals surface area contributed by atoms with Crippen molar-refractivity contribution in [3.05, 3.63) is 71.0 Å². The maximum absolute atomic E-state index is 13.4. The molecular weight excluding hydrogens is 339 g/mol. The van der Waals surface area contributed by atoms with E-state index in [1.807, 2.05) is 29.2 Å². The topological polar surface area (TPSA) is 32.3 Å². The zero-order valence-corrected chi connectivity index (χ0v) is 15.7. The van der Waals surface area contributed by atoms with Gasteiger partial charge in [0.15, 0.2) is 0 Å². The van der Waals surface area contributed by atoms with Crippen LogP contribution in [0.5, 0.6) is 0 Å². The number of carbonyl (C=O) groups excluding carboxylic acids is 1. The molecule has 2 aromatic carbocycles. The van der Waals surface area contributed by atoms with Crippen molar-refractivity contribution in [1.29, 1.82) is 0 Å². The number of hydrogen-bond donors (Lipinski definition) is 1. The molecule has 2 aliphatic rings. The molecule has 2 aromatic rings. The molecule has 3 nitrogen and oxygen atoms in total. The molecule has 27 heavy (non-hydrogen) atoms. The Morgan fingerprint density at radius 2 is 1.96 bits per heavy atom. The van der Waals surface area contributed by atoms with Crippen molar-refractivity contribution < 1.29 is 9.18 Å². The maximum atomic E-state index is 13.4. The number of rotatable bonds is 4. The summed E-state index contributed by atoms with van der Waals surface area (Å²) in [5.74, 6) is 0.568. The smallest absolute Gasteiger partial charge is 0.223 e. The highest BCUT2D eigenvalue weighted by atomic mass is 19.1. The van der Waals surface area contributed by atoms with Gasteiger partial charge in [-0.3, -0.25) is 4.79 Å². The Hall–Kier alpha value is -2.20. The van der Waals surface area contributed by atoms with Crippen molar-refractivity contribution in [1.82, 2.24) is 10.2 Å². The molecule has 2 heterocycles. The van der Waals surface area contributed by atoms with E-state index in [2.05, 4.69) is 17.4 Å². The lowest BCUT2D eigenvalue weighted by Gasteiger charge is -2.38. The highest BCUT2D eigenvalue weighted by molar-refractivity contribution is 5.77. The molecule has 1 amide bonds. The number of fused-ring (bicyclic) bond motifs is 1. The largest absolute Gasteiger partial charge is 0.331 e. The normalized spacial score (nSPS) is 22.3. The van der Waals surface area contributed by atoms with Gasteiger partial charge in [-0.25, -0.2) is 4.39 Å². The average Bonchev–Trinajstić information content (AvgIpc) is 2.72. The van der Waals surface area contributed by atoms with Gasteiger partial charge in [0.05, 0.1) is 6.04 Å². The third-order valence-electron chi connectivity index (χ3n) is 5.95. The molecule has 4 rings (SSSR count). The van der Waals surface area contributed by atoms with Gasteiger partial charge in [0.1, 0.15) is 5.82 Å². The second kappa shape index (κ2) is 8.22. The van der Waals surface area contributed by atoms with E-state index in [4.69, 9.17) is 0 Å². The molecule has 1 fully saturated rings. The number of halogens is 1. The van der Waals surface area contributed by atoms with Crippen LogP contribution in [-0.4, -0.2) is 30.4 Å². The van der Waals surface area contributed by atoms with E-state index in [0.717, 1.165) is 38.0 Å². The fraction of sp³-hybridized carbons (Fsp3) is 0.435. The van der Waals surface area contributed by atoms with Gasteiger partial charge in [0, 0.05) is 13.0 Å². The van der Waals surface area contributed by atoms with Crippen LogP contribution in [0.3, 0.4) is 0 Å². The van der Waals surface area contributed by atoms with Crippen LogP contribution in [0.25, 0.3) is 0 Å². The third kappa shape index (κ3) is 4.06. The zero-order valence-electron chi connectivity index (χ0n) is 15.7. The molecule has 0 aromatic heterocycles. The summed E-state index contributed by atoms with van der Waals surface area (Å²) in [7, 11) is 0. The van der Waals surface area contributed by atoms with Gasteiger partial charge >= 0.3 is 0 Å². The quantitative estimate of drug-likeness (QED) is 0.884. The van der Waals surface area contributed by atoms with Gasteiger partial charge in [-0.05, 0) is 73.5 Å². The van der Waals surface area contributed by atoms with Gasteiger partial charge < -0.3 is 10.2 Å². The number of nitrogens with zero attached hydrogens (tertiary/aromatic N) is 1. The number of amides is 1. The number of benzene rings is 2. The molecule has 1 N–H and O–H groups in total. The summed E-state index contributed by atoms with van der Waals surface area (Å²) in [6, 6.07) is 14.8. The van der Waals surface area contributed by atoms with Crippen LogP contribution in [0.1, 0.15) is 48.4 Å². The first-order valence-electron chi connectivity index (χ1n) is 10.1. The van der Waals surface area contributed by atoms with E-state index in [0.29, 0.717) is 12.3 Å². The SMILES string of the molecule is O=C(CC[C@H]1CCCNC1)N1CCc2ccccc2[C@@H]1c1ccc(F)cc1. The van der Waals surface area contributed by atoms with Crippen molar-refractivity contribution in [2.75, 3.05) is 19.6 Å². The Bertz CT molecular complexity index is 783. The maximum Gasteiger partial charge on any atom is 0.223 e. The molecule has 1 saturated heterocycles. The summed E-state index contributed by atoms with van der Waals surface area (Å²) in [5.41, 5.74) is 3.44. The standard InChI is InChI=1S/C23H27FN2O/c24-20-10-8-19(9-11-20)23-21-6-2-1-5-18(21)13-15-26(23)22(27)12-7-17-4-3-14-25-16-17/h1-2,5-6,8-11,17,23,25H,3-4,7,12-16H2/t17-,23+/m1/s1. The molecule has 0 radical (unpaired) electrons. The molecule has 2 aliphatic heterocycles. The van der Waals surface area contributed by atoms with Crippen molar-refractivity contribution in [3.63, 3.8) is 0 Å². The van der Waals surface area contributed by atoms with Crippen molar-refractivity contribution in [2.24, 2.45) is 5.92 Å². The van der Waals surface area contributed by atoms with Gasteiger partial charge in [-0.1, -0.05) is 36.4 Å². The van der Waals surface area contributed by atoms with Gasteiger partial charge in [0.25, 0.3) is 0 Å². The molecule has 4 heteroatoms. The highest BCUT2D eigenvalue weighted by Crippen LogP contribution is 2.36. The Morgan fingerprint density at radius 1 is 1.15 bits per heavy atom. The Balaban J connectivity index is 1.56. The van der Waals surface area contributed by atoms with E-state index in [1.165, 1.54) is 36.1 Å². The van der Waals surface area contributed by atoms with Crippen LogP contribution in [0.4, 0.5) is 4.39 Å². The van der Waals surface area contributed by atoms with Gasteiger partial charge in [-0.2, -0.15) is 0 Å². The summed E-state index contributed by atoms with van der Waals surface area (Å²) in [6.07, 6.45) is 4.83. The lowest BCUT2D eigenvalue weighted by molar-refractivity contribution is -0.133. The van der Waals surface area contributed by atoms with Crippen LogP contribution in [0.15, 0.2) is 48.5 Å². The third-order valence-corrected chi connectivity index (χ3v) is 5.95. The number of carbonyl (C=O) groups is 1. The molecule has 2 atom stereocenters. The van der Waals surface area contributed by atoms with E-state index in [1.54, 1.807) is 0 Å². The molecule has 0 bridgehead atoms. The molecule has 0 spiro atoms. The van der Waals surface area contributed by atoms with Crippen LogP contribution >= 0.6 is 0 Å². The molecule has 0 aliphatic carbocycles. The predicted octanol–water partition coefficient (Wildman–Crippen LogP) is 4.08. The zero-order chi connectivity index (χ0) is 18.6. The van der Waals surface area contributed by atoms with E-state index in [-0.39, 0.29) is 17.8 Å². The van der Waals surface area contributed by atoms with Crippen LogP contribution in [0, 0.1) is 11.7 Å². The summed E-state index contributed by atoms with van der Waals surface area (Å²) < 4.78 is 13.4. The summed E-state index contributed by atoms with van der Waals surface area (Å²) in [4.78, 5) is 15.1. The Kier molecular flexibility index (Phi) is 5.53. The number of piperidine rings is 1. The molecule has 142 valence electrons. The molecule has 0 saturated carbocycles. The predicted molar refractivity (Wildman–Crippen MR) is 105 cm³/mol. The first-order valence-corrected chi connectivity index (χ1v) is 10.1. The average molecular weight is 366 g/mol. The van der Waals surface area contributed by atoms with Crippen molar-refractivity contribution in [3.8, 4) is 0 Å². The summed E-state index contributed by atoms with van der Waals surface area (Å²) in [6.45, 7) is 2.85. The summed E-state index contributed by atoms with van der Waals surface area (Å²) in [5, 5.41) is 3.43. The minimum absolute atomic E-state index is 0.118. The molecular formula is C23H27FN2O. The van der Waals surface area contributed by atoms with Crippen LogP contribution in [-0.2, 0) is 11.2 Å². The summed E-state index contributed by atoms with van der Waals surface area (Å²) >= 11 is 0. The van der Waals surface area contributed by atoms with Crippen molar-refractivity contribution >= 4 is 5.91 Å². The van der Waals surface area contributed by atoms with Crippen LogP contribution in [0.2, 0.25) is 0 Å². The second-order valence-electron chi connectivity index (χ2n) is 7.74. The van der Waals surface area contributed by atoms with Crippen LogP contribution < -0.4 is 5.32 Å². The van der Waals surface area contributed by atoms with E-state index < -0.39 is 0 Å². The van der Waals surface area contributed by atoms with Gasteiger partial charge in [-0.15, -0.1) is 0 Å². The minimum Gasteiger partial charge on any atom is -0.331 e. The lowest BCUT2D eigenvalue weighted by atomic mass is 9.87. The first kappa shape index (κ1) is 18.2. The Morgan fingerprint density at radius 3 is 2.74 bits per heavy atom. The lowest BCUT2D eigenvalue weighted by Crippen LogP contribution is -2.41. The monoisotopic (exact) mass is 366 g/mol. The van der Waals surface area contributed by atoms with E-state index >= 15 is 0 Å². The fourth-order valence-electron chi connectivity index (χ4n) is 4.48. The van der Waals surface area contributed by atoms with Gasteiger partial charge in [0.2, 0.25) is 5.91 Å². The fourth-order valence-corrected chi connectivity index (χ4v) is 4.48. The van der Waals surface area contributed by atoms with E-state index in [9.17, 15) is 9.18 Å². The minimum atomic E-state index is -0.245. The Labute approximate surface area is 160 Å². The number of nitrogens with one attached hydrogen (secondary N) is 1. The second-order valence-corrected chi connectivity index (χ2v) is 7.74. The van der Waals surface area contributed by atoms with Crippen molar-refractivity contribution in [2.45, 2.75) is 38.1 Å². The highest BCUT2D eigenvalue weighted by Gasteiger charge is 2.32. The first-order chi connectivity index (χ1) is 13.2.